The Labute approximate surface area is 222 Å². The molecule has 0 atom stereocenters. The standard InChI is InChI=1S/C30H32N4O4/c1-19-32-25-15-27(35)28(37-22-11-13-33(14-12-22)29(36)38-30(2,3)4)16-26(25)34(19)18-21-10-9-20(17-31)23-7-5-6-8-24(21)23/h5-10,15-16,22,35H,11-14,18H2,1-4H3. The SMILES string of the molecule is Cc1nc2cc(O)c(OC3CCN(C(=O)OC(C)(C)C)CC3)cc2n1Cc1ccc(C#N)c2ccccc12. The number of amides is 1. The van der Waals surface area contributed by atoms with Gasteiger partial charge in [-0.15, -0.1) is 0 Å². The van der Waals surface area contributed by atoms with E-state index in [-0.39, 0.29) is 17.9 Å². The Hall–Kier alpha value is -4.25. The number of aryl methyl sites for hydroxylation is 1. The zero-order valence-electron chi connectivity index (χ0n) is 22.2. The van der Waals surface area contributed by atoms with E-state index in [2.05, 4.69) is 15.6 Å². The van der Waals surface area contributed by atoms with Gasteiger partial charge >= 0.3 is 6.09 Å². The van der Waals surface area contributed by atoms with Crippen LogP contribution >= 0.6 is 0 Å². The van der Waals surface area contributed by atoms with Crippen molar-refractivity contribution in [2.24, 2.45) is 0 Å². The Balaban J connectivity index is 1.38. The van der Waals surface area contributed by atoms with Gasteiger partial charge in [-0.2, -0.15) is 5.26 Å². The summed E-state index contributed by atoms with van der Waals surface area (Å²) >= 11 is 0. The molecule has 0 radical (unpaired) electrons. The molecular weight excluding hydrogens is 480 g/mol. The number of rotatable bonds is 4. The predicted octanol–water partition coefficient (Wildman–Crippen LogP) is 5.90. The Morgan fingerprint density at radius 1 is 1.13 bits per heavy atom. The highest BCUT2D eigenvalue weighted by molar-refractivity contribution is 5.91. The Morgan fingerprint density at radius 2 is 1.84 bits per heavy atom. The molecule has 5 rings (SSSR count). The molecule has 4 aromatic rings. The van der Waals surface area contributed by atoms with Crippen LogP contribution in [0.25, 0.3) is 21.8 Å². The van der Waals surface area contributed by atoms with Crippen molar-refractivity contribution >= 4 is 27.9 Å². The number of piperidine rings is 1. The van der Waals surface area contributed by atoms with Crippen LogP contribution in [0.3, 0.4) is 0 Å². The fraction of sp³-hybridized carbons (Fsp3) is 0.367. The second-order valence-corrected chi connectivity index (χ2v) is 10.8. The van der Waals surface area contributed by atoms with Crippen LogP contribution in [0.2, 0.25) is 0 Å². The summed E-state index contributed by atoms with van der Waals surface area (Å²) in [5, 5.41) is 22.2. The van der Waals surface area contributed by atoms with Crippen LogP contribution in [0, 0.1) is 18.3 Å². The molecule has 2 heterocycles. The zero-order valence-corrected chi connectivity index (χ0v) is 22.2. The molecule has 0 spiro atoms. The van der Waals surface area contributed by atoms with Crippen LogP contribution in [0.4, 0.5) is 4.79 Å². The summed E-state index contributed by atoms with van der Waals surface area (Å²) in [5.41, 5.74) is 2.73. The lowest BCUT2D eigenvalue weighted by Gasteiger charge is -2.33. The number of imidazole rings is 1. The predicted molar refractivity (Wildman–Crippen MR) is 145 cm³/mol. The minimum absolute atomic E-state index is 0.0422. The highest BCUT2D eigenvalue weighted by atomic mass is 16.6. The maximum absolute atomic E-state index is 12.4. The van der Waals surface area contributed by atoms with Gasteiger partial charge in [0.05, 0.1) is 22.7 Å². The molecule has 196 valence electrons. The maximum atomic E-state index is 12.4. The number of carbonyl (C=O) groups excluding carboxylic acids is 1. The first-order valence-electron chi connectivity index (χ1n) is 12.9. The smallest absolute Gasteiger partial charge is 0.410 e. The summed E-state index contributed by atoms with van der Waals surface area (Å²) < 4.78 is 13.8. The highest BCUT2D eigenvalue weighted by Crippen LogP contribution is 2.34. The van der Waals surface area contributed by atoms with Crippen molar-refractivity contribution in [3.8, 4) is 17.6 Å². The van der Waals surface area contributed by atoms with Gasteiger partial charge in [-0.05, 0) is 50.1 Å². The number of hydrogen-bond donors (Lipinski definition) is 1. The van der Waals surface area contributed by atoms with Crippen molar-refractivity contribution in [2.45, 2.75) is 58.8 Å². The number of aromatic nitrogens is 2. The van der Waals surface area contributed by atoms with E-state index in [0.29, 0.717) is 49.3 Å². The number of ether oxygens (including phenoxy) is 2. The summed E-state index contributed by atoms with van der Waals surface area (Å²) in [7, 11) is 0. The number of fused-ring (bicyclic) bond motifs is 2. The van der Waals surface area contributed by atoms with Gasteiger partial charge in [0.25, 0.3) is 0 Å². The third-order valence-electron chi connectivity index (χ3n) is 6.87. The molecule has 8 heteroatoms. The second kappa shape index (κ2) is 9.90. The largest absolute Gasteiger partial charge is 0.504 e. The van der Waals surface area contributed by atoms with Crippen LogP contribution in [-0.4, -0.2) is 50.4 Å². The number of phenolic OH excluding ortho intramolecular Hbond substituents is 1. The minimum Gasteiger partial charge on any atom is -0.504 e. The summed E-state index contributed by atoms with van der Waals surface area (Å²) in [6.45, 7) is 9.14. The molecule has 1 fully saturated rings. The molecule has 1 aliphatic rings. The second-order valence-electron chi connectivity index (χ2n) is 10.8. The van der Waals surface area contributed by atoms with Crippen molar-refractivity contribution in [2.75, 3.05) is 13.1 Å². The molecule has 1 N–H and O–H groups in total. The van der Waals surface area contributed by atoms with E-state index in [1.54, 1.807) is 11.0 Å². The van der Waals surface area contributed by atoms with Gasteiger partial charge in [0.15, 0.2) is 11.5 Å². The van der Waals surface area contributed by atoms with Gasteiger partial charge in [-0.25, -0.2) is 9.78 Å². The van der Waals surface area contributed by atoms with Crippen LogP contribution < -0.4 is 4.74 Å². The first kappa shape index (κ1) is 25.4. The van der Waals surface area contributed by atoms with Gasteiger partial charge < -0.3 is 24.0 Å². The van der Waals surface area contributed by atoms with Crippen LogP contribution in [0.1, 0.15) is 50.6 Å². The van der Waals surface area contributed by atoms with Crippen molar-refractivity contribution < 1.29 is 19.4 Å². The van der Waals surface area contributed by atoms with Crippen LogP contribution in [0.5, 0.6) is 11.5 Å². The number of hydrogen-bond acceptors (Lipinski definition) is 6. The molecule has 0 saturated carbocycles. The Bertz CT molecular complexity index is 1550. The molecule has 1 saturated heterocycles. The van der Waals surface area contributed by atoms with Crippen LogP contribution in [0.15, 0.2) is 48.5 Å². The van der Waals surface area contributed by atoms with E-state index in [4.69, 9.17) is 9.47 Å². The van der Waals surface area contributed by atoms with Gasteiger partial charge in [-0.1, -0.05) is 30.3 Å². The van der Waals surface area contributed by atoms with Crippen molar-refractivity contribution in [3.05, 3.63) is 65.5 Å². The van der Waals surface area contributed by atoms with E-state index in [1.807, 2.05) is 70.2 Å². The van der Waals surface area contributed by atoms with Crippen LogP contribution in [-0.2, 0) is 11.3 Å². The number of aromatic hydroxyl groups is 1. The van der Waals surface area contributed by atoms with Gasteiger partial charge in [0, 0.05) is 44.6 Å². The molecule has 0 bridgehead atoms. The summed E-state index contributed by atoms with van der Waals surface area (Å²) in [6, 6.07) is 17.5. The Morgan fingerprint density at radius 3 is 2.53 bits per heavy atom. The number of carbonyl (C=O) groups is 1. The highest BCUT2D eigenvalue weighted by Gasteiger charge is 2.28. The molecule has 1 amide bonds. The van der Waals surface area contributed by atoms with Crippen molar-refractivity contribution in [1.29, 1.82) is 5.26 Å². The number of nitrogens with zero attached hydrogens (tertiary/aromatic N) is 4. The third kappa shape index (κ3) is 5.10. The van der Waals surface area contributed by atoms with E-state index in [9.17, 15) is 15.2 Å². The lowest BCUT2D eigenvalue weighted by molar-refractivity contribution is 0.0124. The zero-order chi connectivity index (χ0) is 27.0. The lowest BCUT2D eigenvalue weighted by Crippen LogP contribution is -2.44. The topological polar surface area (TPSA) is 101 Å². The lowest BCUT2D eigenvalue weighted by atomic mass is 10.00. The molecule has 0 aliphatic carbocycles. The minimum atomic E-state index is -0.531. The average molecular weight is 513 g/mol. The molecular formula is C30H32N4O4. The molecule has 0 unspecified atom stereocenters. The number of phenols is 1. The molecule has 3 aromatic carbocycles. The van der Waals surface area contributed by atoms with Gasteiger partial charge in [0.1, 0.15) is 17.5 Å². The molecule has 1 aromatic heterocycles. The molecule has 8 nitrogen and oxygen atoms in total. The maximum Gasteiger partial charge on any atom is 0.410 e. The van der Waals surface area contributed by atoms with Crippen molar-refractivity contribution in [3.63, 3.8) is 0 Å². The van der Waals surface area contributed by atoms with E-state index < -0.39 is 5.60 Å². The number of likely N-dealkylation sites (tertiary alicyclic amines) is 1. The number of benzene rings is 3. The summed E-state index contributed by atoms with van der Waals surface area (Å²) in [4.78, 5) is 18.8. The van der Waals surface area contributed by atoms with Crippen molar-refractivity contribution in [1.82, 2.24) is 14.5 Å². The summed E-state index contributed by atoms with van der Waals surface area (Å²) in [6.07, 6.45) is 0.852. The summed E-state index contributed by atoms with van der Waals surface area (Å²) in [5.74, 6) is 1.26. The fourth-order valence-electron chi connectivity index (χ4n) is 4.98. The average Bonchev–Trinajstić information content (AvgIpc) is 3.17. The number of nitriles is 1. The monoisotopic (exact) mass is 512 g/mol. The Kier molecular flexibility index (Phi) is 6.62. The first-order chi connectivity index (χ1) is 18.1. The van der Waals surface area contributed by atoms with E-state index >= 15 is 0 Å². The first-order valence-corrected chi connectivity index (χ1v) is 12.9. The quantitative estimate of drug-likeness (QED) is 0.365. The van der Waals surface area contributed by atoms with Gasteiger partial charge in [-0.3, -0.25) is 0 Å². The fourth-order valence-corrected chi connectivity index (χ4v) is 4.98. The normalized spacial score (nSPS) is 14.6. The van der Waals surface area contributed by atoms with E-state index in [0.717, 1.165) is 27.7 Å². The third-order valence-corrected chi connectivity index (χ3v) is 6.87. The molecule has 1 aliphatic heterocycles. The van der Waals surface area contributed by atoms with Gasteiger partial charge in [0.2, 0.25) is 0 Å². The van der Waals surface area contributed by atoms with E-state index in [1.165, 1.54) is 0 Å². The molecule has 38 heavy (non-hydrogen) atoms.